The van der Waals surface area contributed by atoms with Gasteiger partial charge in [-0.15, -0.1) is 0 Å². The molecule has 0 spiro atoms. The maximum Gasteiger partial charge on any atom is 0.255 e. The summed E-state index contributed by atoms with van der Waals surface area (Å²) in [6.07, 6.45) is -0.0810. The maximum atomic E-state index is 12.5. The molecule has 1 saturated heterocycles. The van der Waals surface area contributed by atoms with Crippen LogP contribution in [0.4, 0.5) is 0 Å². The van der Waals surface area contributed by atoms with Gasteiger partial charge in [0.15, 0.2) is 0 Å². The molecular formula is C13H16BrIN2O2. The lowest BCUT2D eigenvalue weighted by molar-refractivity contribution is -0.0300. The number of carbonyl (C=O) groups excluding carboxylic acids is 1. The van der Waals surface area contributed by atoms with Crippen LogP contribution >= 0.6 is 38.5 Å². The van der Waals surface area contributed by atoms with Crippen molar-refractivity contribution in [2.45, 2.75) is 19.1 Å². The van der Waals surface area contributed by atoms with E-state index in [2.05, 4.69) is 38.5 Å². The van der Waals surface area contributed by atoms with E-state index in [1.165, 1.54) is 0 Å². The van der Waals surface area contributed by atoms with E-state index in [1.807, 2.05) is 30.0 Å². The van der Waals surface area contributed by atoms with E-state index in [4.69, 9.17) is 10.5 Å². The van der Waals surface area contributed by atoms with Crippen LogP contribution in [0.3, 0.4) is 0 Å². The monoisotopic (exact) mass is 438 g/mol. The van der Waals surface area contributed by atoms with Gasteiger partial charge in [-0.05, 0) is 47.7 Å². The minimum Gasteiger partial charge on any atom is -0.373 e. The molecule has 1 aromatic carbocycles. The highest BCUT2D eigenvalue weighted by molar-refractivity contribution is 14.1. The molecular weight excluding hydrogens is 423 g/mol. The number of benzene rings is 1. The van der Waals surface area contributed by atoms with Gasteiger partial charge in [-0.1, -0.05) is 15.9 Å². The smallest absolute Gasteiger partial charge is 0.255 e. The SMILES string of the molecule is CC(N)C1CN(C(=O)c2cc(Br)ccc2I)CCO1. The molecule has 2 rings (SSSR count). The first-order chi connectivity index (χ1) is 8.99. The predicted octanol–water partition coefficient (Wildman–Crippen LogP) is 2.24. The summed E-state index contributed by atoms with van der Waals surface area (Å²) >= 11 is 5.59. The number of rotatable bonds is 2. The van der Waals surface area contributed by atoms with Gasteiger partial charge in [0.2, 0.25) is 0 Å². The van der Waals surface area contributed by atoms with Crippen molar-refractivity contribution in [3.8, 4) is 0 Å². The maximum absolute atomic E-state index is 12.5. The quantitative estimate of drug-likeness (QED) is 0.720. The number of hydrogen-bond acceptors (Lipinski definition) is 3. The number of nitrogens with zero attached hydrogens (tertiary/aromatic N) is 1. The van der Waals surface area contributed by atoms with Crippen LogP contribution in [0.15, 0.2) is 22.7 Å². The molecule has 6 heteroatoms. The molecule has 4 nitrogen and oxygen atoms in total. The van der Waals surface area contributed by atoms with Crippen molar-refractivity contribution < 1.29 is 9.53 Å². The fourth-order valence-corrected chi connectivity index (χ4v) is 2.94. The summed E-state index contributed by atoms with van der Waals surface area (Å²) < 4.78 is 7.44. The lowest BCUT2D eigenvalue weighted by atomic mass is 10.1. The number of morpholine rings is 1. The first kappa shape index (κ1) is 15.2. The van der Waals surface area contributed by atoms with E-state index >= 15 is 0 Å². The summed E-state index contributed by atoms with van der Waals surface area (Å²) in [6, 6.07) is 5.65. The Morgan fingerprint density at radius 1 is 1.63 bits per heavy atom. The summed E-state index contributed by atoms with van der Waals surface area (Å²) in [7, 11) is 0. The third kappa shape index (κ3) is 3.68. The Morgan fingerprint density at radius 3 is 3.05 bits per heavy atom. The Hall–Kier alpha value is -0.180. The second-order valence-electron chi connectivity index (χ2n) is 4.64. The van der Waals surface area contributed by atoms with Crippen molar-refractivity contribution in [1.82, 2.24) is 4.90 Å². The van der Waals surface area contributed by atoms with Gasteiger partial charge in [-0.25, -0.2) is 0 Å². The fraction of sp³-hybridized carbons (Fsp3) is 0.462. The molecule has 0 radical (unpaired) electrons. The predicted molar refractivity (Wildman–Crippen MR) is 86.2 cm³/mol. The molecule has 2 N–H and O–H groups in total. The van der Waals surface area contributed by atoms with Gasteiger partial charge >= 0.3 is 0 Å². The third-order valence-corrected chi connectivity index (χ3v) is 4.56. The Morgan fingerprint density at radius 2 is 2.37 bits per heavy atom. The van der Waals surface area contributed by atoms with E-state index in [-0.39, 0.29) is 18.1 Å². The Bertz CT molecular complexity index is 482. The average Bonchev–Trinajstić information content (AvgIpc) is 2.41. The normalized spacial score (nSPS) is 21.3. The molecule has 1 aromatic rings. The molecule has 1 amide bonds. The molecule has 2 unspecified atom stereocenters. The van der Waals surface area contributed by atoms with Crippen LogP contribution in [0.2, 0.25) is 0 Å². The van der Waals surface area contributed by atoms with Crippen LogP contribution < -0.4 is 5.73 Å². The number of amides is 1. The first-order valence-corrected chi connectivity index (χ1v) is 7.97. The topological polar surface area (TPSA) is 55.6 Å². The van der Waals surface area contributed by atoms with Crippen LogP contribution in [0.1, 0.15) is 17.3 Å². The summed E-state index contributed by atoms with van der Waals surface area (Å²) in [4.78, 5) is 14.4. The molecule has 2 atom stereocenters. The number of halogens is 2. The van der Waals surface area contributed by atoms with Crippen molar-refractivity contribution in [3.63, 3.8) is 0 Å². The van der Waals surface area contributed by atoms with Crippen molar-refractivity contribution >= 4 is 44.4 Å². The molecule has 1 aliphatic heterocycles. The zero-order valence-corrected chi connectivity index (χ0v) is 14.3. The summed E-state index contributed by atoms with van der Waals surface area (Å²) in [5, 5.41) is 0. The highest BCUT2D eigenvalue weighted by Gasteiger charge is 2.28. The molecule has 104 valence electrons. The van der Waals surface area contributed by atoms with Crippen LogP contribution in [0.5, 0.6) is 0 Å². The standard InChI is InChI=1S/C13H16BrIN2O2/c1-8(16)12-7-17(4-5-19-12)13(18)10-6-9(14)2-3-11(10)15/h2-3,6,8,12H,4-5,7,16H2,1H3. The largest absolute Gasteiger partial charge is 0.373 e. The van der Waals surface area contributed by atoms with E-state index in [0.717, 1.165) is 13.6 Å². The van der Waals surface area contributed by atoms with Crippen molar-refractivity contribution in [1.29, 1.82) is 0 Å². The van der Waals surface area contributed by atoms with Gasteiger partial charge < -0.3 is 15.4 Å². The molecule has 1 fully saturated rings. The molecule has 0 aliphatic carbocycles. The minimum absolute atomic E-state index is 0.0413. The van der Waals surface area contributed by atoms with Crippen LogP contribution in [-0.4, -0.2) is 42.6 Å². The highest BCUT2D eigenvalue weighted by Crippen LogP contribution is 2.21. The van der Waals surface area contributed by atoms with Gasteiger partial charge in [-0.3, -0.25) is 4.79 Å². The first-order valence-electron chi connectivity index (χ1n) is 6.10. The van der Waals surface area contributed by atoms with Crippen LogP contribution in [-0.2, 0) is 4.74 Å². The second-order valence-corrected chi connectivity index (χ2v) is 6.72. The summed E-state index contributed by atoms with van der Waals surface area (Å²) in [5.74, 6) is 0.0413. The molecule has 1 aliphatic rings. The molecule has 1 heterocycles. The highest BCUT2D eigenvalue weighted by atomic mass is 127. The van der Waals surface area contributed by atoms with E-state index in [0.29, 0.717) is 19.7 Å². The zero-order valence-electron chi connectivity index (χ0n) is 10.6. The van der Waals surface area contributed by atoms with E-state index < -0.39 is 0 Å². The lowest BCUT2D eigenvalue weighted by Gasteiger charge is -2.35. The molecule has 19 heavy (non-hydrogen) atoms. The Balaban J connectivity index is 2.17. The van der Waals surface area contributed by atoms with Gasteiger partial charge in [0.05, 0.1) is 18.3 Å². The van der Waals surface area contributed by atoms with Crippen molar-refractivity contribution in [2.75, 3.05) is 19.7 Å². The van der Waals surface area contributed by atoms with Crippen LogP contribution in [0, 0.1) is 3.57 Å². The third-order valence-electron chi connectivity index (χ3n) is 3.13. The van der Waals surface area contributed by atoms with Crippen molar-refractivity contribution in [2.24, 2.45) is 5.73 Å². The lowest BCUT2D eigenvalue weighted by Crippen LogP contribution is -2.51. The molecule has 0 aromatic heterocycles. The average molecular weight is 439 g/mol. The minimum atomic E-state index is -0.0810. The fourth-order valence-electron chi connectivity index (χ4n) is 2.01. The number of ether oxygens (including phenoxy) is 1. The zero-order chi connectivity index (χ0) is 14.0. The van der Waals surface area contributed by atoms with Gasteiger partial charge in [0.25, 0.3) is 5.91 Å². The van der Waals surface area contributed by atoms with Gasteiger partial charge in [0.1, 0.15) is 0 Å². The van der Waals surface area contributed by atoms with Gasteiger partial charge in [0, 0.05) is 27.2 Å². The summed E-state index contributed by atoms with van der Waals surface area (Å²) in [5.41, 5.74) is 6.57. The van der Waals surface area contributed by atoms with E-state index in [9.17, 15) is 4.79 Å². The molecule has 0 bridgehead atoms. The number of hydrogen-bond donors (Lipinski definition) is 1. The molecule has 0 saturated carbocycles. The van der Waals surface area contributed by atoms with Crippen LogP contribution in [0.25, 0.3) is 0 Å². The Kier molecular flexibility index (Phi) is 5.22. The van der Waals surface area contributed by atoms with E-state index in [1.54, 1.807) is 0 Å². The summed E-state index contributed by atoms with van der Waals surface area (Å²) in [6.45, 7) is 3.62. The number of carbonyl (C=O) groups is 1. The number of nitrogens with two attached hydrogens (primary N) is 1. The second kappa shape index (κ2) is 6.51. The Labute approximate surface area is 134 Å². The van der Waals surface area contributed by atoms with Crippen molar-refractivity contribution in [3.05, 3.63) is 31.8 Å². The van der Waals surface area contributed by atoms with Gasteiger partial charge in [-0.2, -0.15) is 0 Å².